The molecule has 6 heteroatoms. The number of piperidine rings is 1. The van der Waals surface area contributed by atoms with Gasteiger partial charge in [-0.1, -0.05) is 18.2 Å². The van der Waals surface area contributed by atoms with Crippen LogP contribution in [0.25, 0.3) is 0 Å². The molecule has 2 amide bonds. The highest BCUT2D eigenvalue weighted by Crippen LogP contribution is 2.37. The van der Waals surface area contributed by atoms with E-state index in [4.69, 9.17) is 4.74 Å². The number of fused-ring (bicyclic) bond motifs is 2. The van der Waals surface area contributed by atoms with Gasteiger partial charge >= 0.3 is 0 Å². The largest absolute Gasteiger partial charge is 0.490 e. The molecule has 1 N–H and O–H groups in total. The Morgan fingerprint density at radius 1 is 1.04 bits per heavy atom. The van der Waals surface area contributed by atoms with Crippen molar-refractivity contribution >= 4 is 11.8 Å². The first kappa shape index (κ1) is 17.5. The predicted molar refractivity (Wildman–Crippen MR) is 100 cm³/mol. The van der Waals surface area contributed by atoms with Gasteiger partial charge in [0.2, 0.25) is 5.91 Å². The second-order valence-electron chi connectivity index (χ2n) is 7.13. The van der Waals surface area contributed by atoms with Crippen LogP contribution in [-0.4, -0.2) is 46.4 Å². The van der Waals surface area contributed by atoms with Gasteiger partial charge in [-0.05, 0) is 37.1 Å². The number of amides is 2. The summed E-state index contributed by atoms with van der Waals surface area (Å²) in [5.74, 6) is 0.602. The van der Waals surface area contributed by atoms with Crippen molar-refractivity contribution in [3.8, 4) is 5.75 Å². The van der Waals surface area contributed by atoms with Crippen LogP contribution in [0.2, 0.25) is 0 Å². The maximum Gasteiger partial charge on any atom is 0.251 e. The summed E-state index contributed by atoms with van der Waals surface area (Å²) < 4.78 is 6.07. The smallest absolute Gasteiger partial charge is 0.251 e. The monoisotopic (exact) mass is 365 g/mol. The van der Waals surface area contributed by atoms with E-state index in [0.29, 0.717) is 5.56 Å². The zero-order valence-electron chi connectivity index (χ0n) is 15.1. The highest BCUT2D eigenvalue weighted by atomic mass is 16.5. The number of carbonyl (C=O) groups is 2. The van der Waals surface area contributed by atoms with Crippen LogP contribution in [0.4, 0.5) is 0 Å². The molecule has 2 aliphatic rings. The summed E-state index contributed by atoms with van der Waals surface area (Å²) in [4.78, 5) is 30.9. The number of nitrogens with zero attached hydrogens (tertiary/aromatic N) is 2. The Bertz CT molecular complexity index is 783. The first-order chi connectivity index (χ1) is 13.2. The van der Waals surface area contributed by atoms with Crippen LogP contribution in [0, 0.1) is 0 Å². The number of carbonyl (C=O) groups excluding carboxylic acids is 2. The first-order valence-corrected chi connectivity index (χ1v) is 9.42. The molecule has 1 aromatic carbocycles. The van der Waals surface area contributed by atoms with Gasteiger partial charge in [0, 0.05) is 42.9 Å². The van der Waals surface area contributed by atoms with Crippen LogP contribution in [0.15, 0.2) is 54.9 Å². The highest BCUT2D eigenvalue weighted by Gasteiger charge is 2.43. The Morgan fingerprint density at radius 3 is 2.37 bits per heavy atom. The molecule has 2 aromatic rings. The molecule has 2 atom stereocenters. The molecular formula is C21H23N3O3. The second kappa shape index (κ2) is 7.78. The van der Waals surface area contributed by atoms with Crippen LogP contribution in [0.1, 0.15) is 36.0 Å². The van der Waals surface area contributed by atoms with E-state index in [0.717, 1.165) is 31.4 Å². The summed E-state index contributed by atoms with van der Waals surface area (Å²) in [5.41, 5.74) is 0.567. The maximum absolute atomic E-state index is 12.7. The number of nitrogens with one attached hydrogen (secondary N) is 1. The molecule has 1 aromatic heterocycles. The molecule has 27 heavy (non-hydrogen) atoms. The van der Waals surface area contributed by atoms with E-state index in [2.05, 4.69) is 10.3 Å². The van der Waals surface area contributed by atoms with Gasteiger partial charge in [-0.15, -0.1) is 0 Å². The van der Waals surface area contributed by atoms with Gasteiger partial charge in [0.25, 0.3) is 5.91 Å². The lowest BCUT2D eigenvalue weighted by atomic mass is 9.99. The standard InChI is InChI=1S/C21H23N3O3/c25-20(14-23-21(26)15-4-2-1-3-5-15)24-16-6-7-17(24)13-19(12-16)27-18-8-10-22-11-9-18/h1-5,8-11,16-17,19H,6-7,12-14H2,(H,23,26). The van der Waals surface area contributed by atoms with E-state index < -0.39 is 0 Å². The first-order valence-electron chi connectivity index (χ1n) is 9.42. The summed E-state index contributed by atoms with van der Waals surface area (Å²) >= 11 is 0. The zero-order chi connectivity index (χ0) is 18.6. The topological polar surface area (TPSA) is 71.5 Å². The lowest BCUT2D eigenvalue weighted by Crippen LogP contribution is -2.52. The minimum absolute atomic E-state index is 0.00542. The lowest BCUT2D eigenvalue weighted by Gasteiger charge is -2.39. The third-order valence-corrected chi connectivity index (χ3v) is 5.37. The number of aromatic nitrogens is 1. The predicted octanol–water partition coefficient (Wildman–Crippen LogP) is 2.41. The minimum atomic E-state index is -0.216. The molecule has 2 unspecified atom stereocenters. The van der Waals surface area contributed by atoms with Crippen LogP contribution < -0.4 is 10.1 Å². The molecule has 140 valence electrons. The number of benzene rings is 1. The fourth-order valence-electron chi connectivity index (χ4n) is 4.18. The lowest BCUT2D eigenvalue weighted by molar-refractivity contribution is -0.135. The molecule has 0 spiro atoms. The third kappa shape index (κ3) is 3.94. The Kier molecular flexibility index (Phi) is 5.05. The molecule has 2 saturated heterocycles. The number of ether oxygens (including phenoxy) is 1. The number of hydrogen-bond acceptors (Lipinski definition) is 4. The normalized spacial score (nSPS) is 23.7. The van der Waals surface area contributed by atoms with E-state index in [9.17, 15) is 9.59 Å². The highest BCUT2D eigenvalue weighted by molar-refractivity contribution is 5.96. The summed E-state index contributed by atoms with van der Waals surface area (Å²) in [6, 6.07) is 13.1. The van der Waals surface area contributed by atoms with E-state index in [1.807, 2.05) is 35.2 Å². The van der Waals surface area contributed by atoms with E-state index in [-0.39, 0.29) is 36.5 Å². The van der Waals surface area contributed by atoms with Gasteiger partial charge in [-0.25, -0.2) is 0 Å². The second-order valence-corrected chi connectivity index (χ2v) is 7.13. The van der Waals surface area contributed by atoms with E-state index >= 15 is 0 Å². The molecule has 0 radical (unpaired) electrons. The van der Waals surface area contributed by atoms with Crippen molar-refractivity contribution in [3.63, 3.8) is 0 Å². The van der Waals surface area contributed by atoms with E-state index in [1.165, 1.54) is 0 Å². The van der Waals surface area contributed by atoms with Crippen molar-refractivity contribution in [1.29, 1.82) is 0 Å². The van der Waals surface area contributed by atoms with Crippen molar-refractivity contribution in [2.45, 2.75) is 43.9 Å². The molecule has 4 rings (SSSR count). The van der Waals surface area contributed by atoms with Gasteiger partial charge in [-0.2, -0.15) is 0 Å². The third-order valence-electron chi connectivity index (χ3n) is 5.37. The van der Waals surface area contributed by atoms with Gasteiger partial charge in [-0.3, -0.25) is 14.6 Å². The van der Waals surface area contributed by atoms with Crippen molar-refractivity contribution in [3.05, 3.63) is 60.4 Å². The Hall–Kier alpha value is -2.89. The van der Waals surface area contributed by atoms with Crippen molar-refractivity contribution in [1.82, 2.24) is 15.2 Å². The summed E-state index contributed by atoms with van der Waals surface area (Å²) in [6.45, 7) is 0.0383. The van der Waals surface area contributed by atoms with Crippen LogP contribution >= 0.6 is 0 Å². The molecule has 0 aliphatic carbocycles. The molecule has 3 heterocycles. The molecule has 2 aliphatic heterocycles. The van der Waals surface area contributed by atoms with Gasteiger partial charge in [0.05, 0.1) is 6.54 Å². The van der Waals surface area contributed by atoms with Crippen molar-refractivity contribution < 1.29 is 14.3 Å². The SMILES string of the molecule is O=C(NCC(=O)N1C2CCC1CC(Oc1ccncc1)C2)c1ccccc1. The summed E-state index contributed by atoms with van der Waals surface area (Å²) in [5, 5.41) is 2.75. The Morgan fingerprint density at radius 2 is 1.70 bits per heavy atom. The van der Waals surface area contributed by atoms with Crippen LogP contribution in [0.3, 0.4) is 0 Å². The molecular weight excluding hydrogens is 342 g/mol. The number of pyridine rings is 1. The summed E-state index contributed by atoms with van der Waals surface area (Å²) in [7, 11) is 0. The molecule has 2 bridgehead atoms. The van der Waals surface area contributed by atoms with Crippen LogP contribution in [0.5, 0.6) is 5.75 Å². The van der Waals surface area contributed by atoms with Crippen LogP contribution in [-0.2, 0) is 4.79 Å². The van der Waals surface area contributed by atoms with Gasteiger partial charge in [0.1, 0.15) is 11.9 Å². The molecule has 0 saturated carbocycles. The van der Waals surface area contributed by atoms with E-state index in [1.54, 1.807) is 24.5 Å². The average molecular weight is 365 g/mol. The van der Waals surface area contributed by atoms with Crippen molar-refractivity contribution in [2.24, 2.45) is 0 Å². The summed E-state index contributed by atoms with van der Waals surface area (Å²) in [6.07, 6.45) is 7.22. The van der Waals surface area contributed by atoms with Crippen molar-refractivity contribution in [2.75, 3.05) is 6.54 Å². The molecule has 2 fully saturated rings. The molecule has 6 nitrogen and oxygen atoms in total. The van der Waals surface area contributed by atoms with Gasteiger partial charge in [0.15, 0.2) is 0 Å². The average Bonchev–Trinajstić information content (AvgIpc) is 2.98. The fraction of sp³-hybridized carbons (Fsp3) is 0.381. The van der Waals surface area contributed by atoms with Gasteiger partial charge < -0.3 is 15.0 Å². The Labute approximate surface area is 158 Å². The number of hydrogen-bond donors (Lipinski definition) is 1. The fourth-order valence-corrected chi connectivity index (χ4v) is 4.18. The Balaban J connectivity index is 1.32. The minimum Gasteiger partial charge on any atom is -0.490 e. The maximum atomic E-state index is 12.7. The quantitative estimate of drug-likeness (QED) is 0.883. The zero-order valence-corrected chi connectivity index (χ0v) is 15.1. The number of rotatable bonds is 5.